The summed E-state index contributed by atoms with van der Waals surface area (Å²) in [6.45, 7) is 17.0. The number of amides is 2. The van der Waals surface area contributed by atoms with Gasteiger partial charge >= 0.3 is 5.97 Å². The number of thioether (sulfide) groups is 1. The van der Waals surface area contributed by atoms with Crippen molar-refractivity contribution >= 4 is 29.5 Å². The Morgan fingerprint density at radius 1 is 1.08 bits per heavy atom. The molecule has 0 aromatic rings. The number of fused-ring (bicyclic) bond motifs is 2. The third-order valence-corrected chi connectivity index (χ3v) is 10.3. The molecule has 1 unspecified atom stereocenters. The molecular formula is C29H44N2O5S. The van der Waals surface area contributed by atoms with E-state index in [-0.39, 0.29) is 42.3 Å². The van der Waals surface area contributed by atoms with Crippen molar-refractivity contribution in [2.75, 3.05) is 19.8 Å². The van der Waals surface area contributed by atoms with Gasteiger partial charge in [0.1, 0.15) is 6.04 Å². The molecule has 8 heteroatoms. The van der Waals surface area contributed by atoms with Crippen LogP contribution in [0.3, 0.4) is 0 Å². The number of nitrogens with zero attached hydrogens (tertiary/aromatic N) is 2. The molecule has 6 atom stereocenters. The van der Waals surface area contributed by atoms with Crippen molar-refractivity contribution in [3.05, 3.63) is 24.3 Å². The molecule has 2 fully saturated rings. The average Bonchev–Trinajstić information content (AvgIpc) is 3.06. The Labute approximate surface area is 226 Å². The smallest absolute Gasteiger partial charge is 0.311 e. The quantitative estimate of drug-likeness (QED) is 0.428. The van der Waals surface area contributed by atoms with E-state index in [4.69, 9.17) is 4.74 Å². The van der Waals surface area contributed by atoms with E-state index in [0.717, 1.165) is 6.42 Å². The summed E-state index contributed by atoms with van der Waals surface area (Å²) < 4.78 is 3.99. The molecule has 1 N–H and O–H groups in total. The first-order valence-corrected chi connectivity index (χ1v) is 14.4. The maximum Gasteiger partial charge on any atom is 0.311 e. The van der Waals surface area contributed by atoms with Crippen LogP contribution >= 0.6 is 11.8 Å². The molecule has 4 aliphatic rings. The molecule has 0 radical (unpaired) electrons. The molecule has 7 nitrogen and oxygen atoms in total. The maximum absolute atomic E-state index is 14.7. The second-order valence-corrected chi connectivity index (χ2v) is 15.3. The number of cyclic esters (lactones) is 1. The monoisotopic (exact) mass is 532 g/mol. The van der Waals surface area contributed by atoms with E-state index >= 15 is 0 Å². The van der Waals surface area contributed by atoms with E-state index in [2.05, 4.69) is 34.6 Å². The molecule has 2 saturated heterocycles. The molecule has 2 amide bonds. The Balaban J connectivity index is 1.90. The number of aliphatic hydroxyl groups excluding tert-OH is 1. The number of likely N-dealkylation sites (tertiary alicyclic amines) is 1. The predicted molar refractivity (Wildman–Crippen MR) is 146 cm³/mol. The van der Waals surface area contributed by atoms with Crippen molar-refractivity contribution in [3.63, 3.8) is 0 Å². The highest BCUT2D eigenvalue weighted by molar-refractivity contribution is 8.02. The van der Waals surface area contributed by atoms with E-state index < -0.39 is 39.0 Å². The van der Waals surface area contributed by atoms with Gasteiger partial charge < -0.3 is 19.6 Å². The number of esters is 1. The van der Waals surface area contributed by atoms with Crippen LogP contribution in [0, 0.1) is 23.2 Å². The fourth-order valence-electron chi connectivity index (χ4n) is 7.34. The zero-order valence-corrected chi connectivity index (χ0v) is 24.4. The summed E-state index contributed by atoms with van der Waals surface area (Å²) in [5.41, 5.74) is -0.468. The fraction of sp³-hybridized carbons (Fsp3) is 0.759. The summed E-state index contributed by atoms with van der Waals surface area (Å²) in [6.07, 6.45) is 9.52. The molecule has 0 saturated carbocycles. The van der Waals surface area contributed by atoms with E-state index in [0.29, 0.717) is 13.0 Å². The number of rotatable bonds is 5. The molecule has 4 aliphatic heterocycles. The van der Waals surface area contributed by atoms with Crippen molar-refractivity contribution in [1.29, 1.82) is 0 Å². The van der Waals surface area contributed by atoms with Crippen LogP contribution < -0.4 is 0 Å². The van der Waals surface area contributed by atoms with Crippen LogP contribution in [0.4, 0.5) is 0 Å². The maximum atomic E-state index is 14.7. The summed E-state index contributed by atoms with van der Waals surface area (Å²) in [7, 11) is 0. The van der Waals surface area contributed by atoms with E-state index in [1.807, 2.05) is 50.0 Å². The van der Waals surface area contributed by atoms with Crippen LogP contribution in [0.2, 0.25) is 0 Å². The van der Waals surface area contributed by atoms with Gasteiger partial charge in [-0.3, -0.25) is 14.4 Å². The third-order valence-electron chi connectivity index (χ3n) is 8.47. The minimum Gasteiger partial charge on any atom is -0.465 e. The van der Waals surface area contributed by atoms with Gasteiger partial charge in [-0.05, 0) is 44.9 Å². The van der Waals surface area contributed by atoms with Crippen molar-refractivity contribution < 1.29 is 24.2 Å². The Morgan fingerprint density at radius 2 is 1.76 bits per heavy atom. The number of ether oxygens (including phenoxy) is 1. The summed E-state index contributed by atoms with van der Waals surface area (Å²) in [6, 6.07) is -1.35. The topological polar surface area (TPSA) is 87.2 Å². The van der Waals surface area contributed by atoms with Gasteiger partial charge in [-0.1, -0.05) is 58.9 Å². The molecule has 4 heterocycles. The fourth-order valence-corrected chi connectivity index (χ4v) is 9.48. The Morgan fingerprint density at radius 3 is 2.35 bits per heavy atom. The highest BCUT2D eigenvalue weighted by atomic mass is 32.2. The van der Waals surface area contributed by atoms with Gasteiger partial charge in [0.2, 0.25) is 11.8 Å². The van der Waals surface area contributed by atoms with Crippen LogP contribution in [0.5, 0.6) is 0 Å². The molecule has 1 spiro atoms. The predicted octanol–water partition coefficient (Wildman–Crippen LogP) is 3.81. The van der Waals surface area contributed by atoms with Gasteiger partial charge in [-0.25, -0.2) is 0 Å². The summed E-state index contributed by atoms with van der Waals surface area (Å²) >= 11 is 1.55. The number of hydrogen-bond donors (Lipinski definition) is 1. The number of hydrogen-bond acceptors (Lipinski definition) is 6. The highest BCUT2D eigenvalue weighted by Crippen LogP contribution is 2.66. The second kappa shape index (κ2) is 9.44. The van der Waals surface area contributed by atoms with Crippen molar-refractivity contribution in [2.45, 2.75) is 95.3 Å². The van der Waals surface area contributed by atoms with Crippen LogP contribution in [0.1, 0.15) is 68.2 Å². The van der Waals surface area contributed by atoms with E-state index in [1.54, 1.807) is 16.7 Å². The first-order valence-electron chi connectivity index (χ1n) is 13.6. The Kier molecular flexibility index (Phi) is 7.20. The van der Waals surface area contributed by atoms with Crippen molar-refractivity contribution in [2.24, 2.45) is 23.2 Å². The van der Waals surface area contributed by atoms with Crippen molar-refractivity contribution in [1.82, 2.24) is 9.80 Å². The van der Waals surface area contributed by atoms with Gasteiger partial charge in [-0.2, -0.15) is 0 Å². The third kappa shape index (κ3) is 4.56. The SMILES string of the molecule is CC(C)[C@H](CO)N1C(=O)[C@@H]2[C@@H]3C(=O)OCCC=C[C@]3(C)S[C@@]23C=CCN(C(C)(C)CC(C)(C)C)C(=O)C13. The van der Waals surface area contributed by atoms with E-state index in [1.165, 1.54) is 0 Å². The van der Waals surface area contributed by atoms with Gasteiger partial charge in [0.05, 0.1) is 35.8 Å². The lowest BCUT2D eigenvalue weighted by molar-refractivity contribution is -0.155. The van der Waals surface area contributed by atoms with Crippen LogP contribution in [0.15, 0.2) is 24.3 Å². The Bertz CT molecular complexity index is 1010. The molecule has 0 bridgehead atoms. The molecule has 0 aromatic heterocycles. The summed E-state index contributed by atoms with van der Waals surface area (Å²) in [5, 5.41) is 10.4. The van der Waals surface area contributed by atoms with Gasteiger partial charge in [0.15, 0.2) is 0 Å². The number of aliphatic hydroxyl groups is 1. The minimum absolute atomic E-state index is 0.00759. The first kappa shape index (κ1) is 28.2. The molecule has 0 aliphatic carbocycles. The normalized spacial score (nSPS) is 35.1. The zero-order valence-electron chi connectivity index (χ0n) is 23.6. The standard InChI is InChI=1S/C29H44N2O5S/c1-18(2)19(16-32)31-22-24(34)30(27(6,7)17-26(3,4)5)14-11-13-29(22)20(23(31)33)21-25(35)36-15-10-9-12-28(21,8)37-29/h9,11-13,18-22,32H,10,14-17H2,1-8H3/t19-,20-,21+,22?,28-,29-/m0/s1. The van der Waals surface area contributed by atoms with E-state index in [9.17, 15) is 19.5 Å². The molecule has 4 rings (SSSR count). The summed E-state index contributed by atoms with van der Waals surface area (Å²) in [4.78, 5) is 46.1. The zero-order chi connectivity index (χ0) is 27.6. The first-order chi connectivity index (χ1) is 17.1. The lowest BCUT2D eigenvalue weighted by Gasteiger charge is -2.46. The lowest BCUT2D eigenvalue weighted by atomic mass is 9.74. The van der Waals surface area contributed by atoms with Gasteiger partial charge in [0, 0.05) is 16.8 Å². The summed E-state index contributed by atoms with van der Waals surface area (Å²) in [5.74, 6) is -2.26. The number of carbonyl (C=O) groups is 3. The lowest BCUT2D eigenvalue weighted by Crippen LogP contribution is -2.61. The average molecular weight is 533 g/mol. The van der Waals surface area contributed by atoms with Crippen LogP contribution in [-0.4, -0.2) is 79.6 Å². The molecule has 206 valence electrons. The highest BCUT2D eigenvalue weighted by Gasteiger charge is 2.75. The molecule has 37 heavy (non-hydrogen) atoms. The largest absolute Gasteiger partial charge is 0.465 e. The number of carbonyl (C=O) groups excluding carboxylic acids is 3. The Hall–Kier alpha value is -1.80. The van der Waals surface area contributed by atoms with Gasteiger partial charge in [0.25, 0.3) is 0 Å². The molecule has 0 aromatic carbocycles. The minimum atomic E-state index is -0.934. The van der Waals surface area contributed by atoms with Crippen LogP contribution in [-0.2, 0) is 19.1 Å². The van der Waals surface area contributed by atoms with Gasteiger partial charge in [-0.15, -0.1) is 11.8 Å². The van der Waals surface area contributed by atoms with Crippen LogP contribution in [0.25, 0.3) is 0 Å². The molecular weight excluding hydrogens is 488 g/mol. The second-order valence-electron chi connectivity index (χ2n) is 13.5. The van der Waals surface area contributed by atoms with Crippen molar-refractivity contribution in [3.8, 4) is 0 Å².